The van der Waals surface area contributed by atoms with Gasteiger partial charge in [-0.05, 0) is 44.1 Å². The second-order valence-electron chi connectivity index (χ2n) is 8.10. The topological polar surface area (TPSA) is 63.1 Å². The standard InChI is InChI=1S/C21H29N5OS/c1-15-3-5-17(6-4-15)13-22-19(27)14-28-21-24-23-20(26(21)18-7-8-18)25-11-9-16(2)10-12-25/h3-6,16,18H,7-14H2,1-2H3,(H,22,27). The molecule has 1 N–H and O–H groups in total. The van der Waals surface area contributed by atoms with Crippen LogP contribution in [0.5, 0.6) is 0 Å². The van der Waals surface area contributed by atoms with Gasteiger partial charge >= 0.3 is 0 Å². The highest BCUT2D eigenvalue weighted by molar-refractivity contribution is 7.99. The van der Waals surface area contributed by atoms with E-state index < -0.39 is 0 Å². The van der Waals surface area contributed by atoms with Gasteiger partial charge in [0.1, 0.15) is 0 Å². The molecule has 0 bridgehead atoms. The van der Waals surface area contributed by atoms with Crippen LogP contribution in [-0.2, 0) is 11.3 Å². The summed E-state index contributed by atoms with van der Waals surface area (Å²) in [6.45, 7) is 7.04. The van der Waals surface area contributed by atoms with Crippen LogP contribution in [0.1, 0.15) is 49.8 Å². The van der Waals surface area contributed by atoms with Crippen LogP contribution in [0.2, 0.25) is 0 Å². The average molecular weight is 400 g/mol. The van der Waals surface area contributed by atoms with E-state index in [0.717, 1.165) is 35.7 Å². The first-order valence-corrected chi connectivity index (χ1v) is 11.2. The summed E-state index contributed by atoms with van der Waals surface area (Å²) in [7, 11) is 0. The second kappa shape index (κ2) is 8.55. The summed E-state index contributed by atoms with van der Waals surface area (Å²) in [5.74, 6) is 2.19. The summed E-state index contributed by atoms with van der Waals surface area (Å²) in [4.78, 5) is 14.7. The third kappa shape index (κ3) is 4.69. The lowest BCUT2D eigenvalue weighted by molar-refractivity contribution is -0.118. The van der Waals surface area contributed by atoms with Gasteiger partial charge in [0.05, 0.1) is 5.75 Å². The fourth-order valence-electron chi connectivity index (χ4n) is 3.53. The van der Waals surface area contributed by atoms with Gasteiger partial charge in [-0.2, -0.15) is 0 Å². The Balaban J connectivity index is 1.34. The summed E-state index contributed by atoms with van der Waals surface area (Å²) >= 11 is 1.50. The fraction of sp³-hybridized carbons (Fsp3) is 0.571. The molecule has 2 aliphatic rings. The molecule has 0 radical (unpaired) electrons. The number of rotatable bonds is 7. The van der Waals surface area contributed by atoms with Crippen molar-refractivity contribution in [3.8, 4) is 0 Å². The number of carbonyl (C=O) groups excluding carboxylic acids is 1. The van der Waals surface area contributed by atoms with E-state index in [0.29, 0.717) is 18.3 Å². The lowest BCUT2D eigenvalue weighted by Crippen LogP contribution is -2.34. The van der Waals surface area contributed by atoms with E-state index in [1.807, 2.05) is 0 Å². The number of hydrogen-bond donors (Lipinski definition) is 1. The minimum Gasteiger partial charge on any atom is -0.351 e. The van der Waals surface area contributed by atoms with Gasteiger partial charge in [-0.25, -0.2) is 0 Å². The number of aryl methyl sites for hydroxylation is 1. The molecular formula is C21H29N5OS. The van der Waals surface area contributed by atoms with Crippen LogP contribution in [-0.4, -0.2) is 39.5 Å². The second-order valence-corrected chi connectivity index (χ2v) is 9.05. The van der Waals surface area contributed by atoms with Gasteiger partial charge in [-0.1, -0.05) is 48.5 Å². The maximum Gasteiger partial charge on any atom is 0.230 e. The molecule has 2 fully saturated rings. The molecule has 4 rings (SSSR count). The minimum absolute atomic E-state index is 0.0317. The molecule has 2 aromatic rings. The van der Waals surface area contributed by atoms with Gasteiger partial charge in [-0.15, -0.1) is 10.2 Å². The van der Waals surface area contributed by atoms with E-state index in [-0.39, 0.29) is 5.91 Å². The van der Waals surface area contributed by atoms with E-state index in [1.54, 1.807) is 0 Å². The Morgan fingerprint density at radius 2 is 1.86 bits per heavy atom. The molecular weight excluding hydrogens is 370 g/mol. The smallest absolute Gasteiger partial charge is 0.230 e. The van der Waals surface area contributed by atoms with E-state index in [9.17, 15) is 4.79 Å². The van der Waals surface area contributed by atoms with E-state index in [4.69, 9.17) is 0 Å². The molecule has 0 unspecified atom stereocenters. The Morgan fingerprint density at radius 1 is 1.14 bits per heavy atom. The quantitative estimate of drug-likeness (QED) is 0.721. The van der Waals surface area contributed by atoms with Crippen LogP contribution < -0.4 is 10.2 Å². The molecule has 150 valence electrons. The molecule has 2 heterocycles. The number of hydrogen-bond acceptors (Lipinski definition) is 5. The number of nitrogens with one attached hydrogen (secondary N) is 1. The van der Waals surface area contributed by atoms with Crippen LogP contribution in [0.4, 0.5) is 5.95 Å². The van der Waals surface area contributed by atoms with Crippen molar-refractivity contribution in [1.82, 2.24) is 20.1 Å². The molecule has 0 spiro atoms. The normalized spacial score (nSPS) is 17.7. The number of anilines is 1. The molecule has 1 aliphatic heterocycles. The summed E-state index contributed by atoms with van der Waals surface area (Å²) in [5, 5.41) is 12.8. The summed E-state index contributed by atoms with van der Waals surface area (Å²) < 4.78 is 2.27. The molecule has 28 heavy (non-hydrogen) atoms. The maximum atomic E-state index is 12.3. The molecule has 1 amide bonds. The Kier molecular flexibility index (Phi) is 5.90. The first kappa shape index (κ1) is 19.3. The number of amides is 1. The van der Waals surface area contributed by atoms with Gasteiger partial charge in [0.25, 0.3) is 0 Å². The van der Waals surface area contributed by atoms with Gasteiger partial charge in [-0.3, -0.25) is 9.36 Å². The van der Waals surface area contributed by atoms with Crippen LogP contribution in [0, 0.1) is 12.8 Å². The van der Waals surface area contributed by atoms with Gasteiger partial charge in [0, 0.05) is 25.7 Å². The summed E-state index contributed by atoms with van der Waals surface area (Å²) in [6.07, 6.45) is 4.79. The molecule has 6 nitrogen and oxygen atoms in total. The van der Waals surface area contributed by atoms with Crippen LogP contribution in [0.25, 0.3) is 0 Å². The highest BCUT2D eigenvalue weighted by Crippen LogP contribution is 2.41. The lowest BCUT2D eigenvalue weighted by Gasteiger charge is -2.31. The monoisotopic (exact) mass is 399 g/mol. The van der Waals surface area contributed by atoms with Gasteiger partial charge in [0.2, 0.25) is 11.9 Å². The van der Waals surface area contributed by atoms with Gasteiger partial charge < -0.3 is 10.2 Å². The third-order valence-corrected chi connectivity index (χ3v) is 6.51. The van der Waals surface area contributed by atoms with Crippen molar-refractivity contribution in [1.29, 1.82) is 0 Å². The number of carbonyl (C=O) groups is 1. The number of piperidine rings is 1. The van der Waals surface area contributed by atoms with E-state index in [2.05, 4.69) is 63.1 Å². The van der Waals surface area contributed by atoms with Crippen molar-refractivity contribution < 1.29 is 4.79 Å². The van der Waals surface area contributed by atoms with Crippen molar-refractivity contribution in [2.45, 2.75) is 57.3 Å². The van der Waals surface area contributed by atoms with E-state index in [1.165, 1.54) is 43.0 Å². The molecule has 1 aliphatic carbocycles. The zero-order valence-corrected chi connectivity index (χ0v) is 17.5. The predicted molar refractivity (Wildman–Crippen MR) is 113 cm³/mol. The van der Waals surface area contributed by atoms with Gasteiger partial charge in [0.15, 0.2) is 5.16 Å². The highest BCUT2D eigenvalue weighted by atomic mass is 32.2. The number of thioether (sulfide) groups is 1. The van der Waals surface area contributed by atoms with E-state index >= 15 is 0 Å². The predicted octanol–water partition coefficient (Wildman–Crippen LogP) is 3.57. The average Bonchev–Trinajstić information content (AvgIpc) is 3.46. The number of aromatic nitrogens is 3. The zero-order valence-electron chi connectivity index (χ0n) is 16.7. The first-order valence-electron chi connectivity index (χ1n) is 10.2. The minimum atomic E-state index is 0.0317. The molecule has 1 aromatic heterocycles. The highest BCUT2D eigenvalue weighted by Gasteiger charge is 2.32. The van der Waals surface area contributed by atoms with Crippen molar-refractivity contribution in [3.63, 3.8) is 0 Å². The van der Waals surface area contributed by atoms with Crippen LogP contribution >= 0.6 is 11.8 Å². The van der Waals surface area contributed by atoms with Crippen molar-refractivity contribution in [2.24, 2.45) is 5.92 Å². The Morgan fingerprint density at radius 3 is 2.54 bits per heavy atom. The van der Waals surface area contributed by atoms with Crippen LogP contribution in [0.3, 0.4) is 0 Å². The number of benzene rings is 1. The molecule has 7 heteroatoms. The molecule has 1 saturated heterocycles. The van der Waals surface area contributed by atoms with Crippen molar-refractivity contribution in [3.05, 3.63) is 35.4 Å². The Bertz CT molecular complexity index is 807. The number of nitrogens with zero attached hydrogens (tertiary/aromatic N) is 4. The Hall–Kier alpha value is -2.02. The van der Waals surface area contributed by atoms with Crippen molar-refractivity contribution in [2.75, 3.05) is 23.7 Å². The summed E-state index contributed by atoms with van der Waals surface area (Å²) in [6, 6.07) is 8.74. The Labute approximate surface area is 171 Å². The molecule has 1 aromatic carbocycles. The zero-order chi connectivity index (χ0) is 19.5. The van der Waals surface area contributed by atoms with Crippen molar-refractivity contribution >= 4 is 23.6 Å². The lowest BCUT2D eigenvalue weighted by atomic mass is 10.00. The summed E-state index contributed by atoms with van der Waals surface area (Å²) in [5.41, 5.74) is 2.34. The maximum absolute atomic E-state index is 12.3. The largest absolute Gasteiger partial charge is 0.351 e. The first-order chi connectivity index (χ1) is 13.6. The molecule has 0 atom stereocenters. The SMILES string of the molecule is Cc1ccc(CNC(=O)CSc2nnc(N3CCC(C)CC3)n2C2CC2)cc1. The fourth-order valence-corrected chi connectivity index (χ4v) is 4.36. The van der Waals surface area contributed by atoms with Crippen LogP contribution in [0.15, 0.2) is 29.4 Å². The molecule has 1 saturated carbocycles. The third-order valence-electron chi connectivity index (χ3n) is 5.57.